The van der Waals surface area contributed by atoms with Gasteiger partial charge >= 0.3 is 6.09 Å². The monoisotopic (exact) mass is 351 g/mol. The number of carbonyl (C=O) groups is 2. The molecule has 0 spiro atoms. The highest BCUT2D eigenvalue weighted by molar-refractivity contribution is 5.96. The quantitative estimate of drug-likeness (QED) is 0.734. The van der Waals surface area contributed by atoms with Crippen LogP contribution >= 0.6 is 0 Å². The number of methoxy groups -OCH3 is 1. The molecule has 26 heavy (non-hydrogen) atoms. The van der Waals surface area contributed by atoms with Crippen LogP contribution in [0.1, 0.15) is 16.1 Å². The van der Waals surface area contributed by atoms with Crippen molar-refractivity contribution >= 4 is 17.7 Å². The SMILES string of the molecule is COC(=O)Nc1cccc(C(=O)NCc2ncoc2-c2ccccc2)c1. The van der Waals surface area contributed by atoms with E-state index in [0.29, 0.717) is 22.7 Å². The molecule has 0 saturated carbocycles. The van der Waals surface area contributed by atoms with Gasteiger partial charge in [0.05, 0.1) is 13.7 Å². The van der Waals surface area contributed by atoms with Crippen LogP contribution in [-0.2, 0) is 11.3 Å². The zero-order valence-electron chi connectivity index (χ0n) is 14.1. The Morgan fingerprint density at radius 2 is 1.92 bits per heavy atom. The summed E-state index contributed by atoms with van der Waals surface area (Å²) < 4.78 is 9.98. The number of rotatable bonds is 5. The Balaban J connectivity index is 1.68. The van der Waals surface area contributed by atoms with E-state index in [1.54, 1.807) is 24.3 Å². The molecule has 0 aliphatic rings. The number of anilines is 1. The number of hydrogen-bond donors (Lipinski definition) is 2. The minimum atomic E-state index is -0.599. The van der Waals surface area contributed by atoms with Crippen molar-refractivity contribution in [2.75, 3.05) is 12.4 Å². The van der Waals surface area contributed by atoms with Gasteiger partial charge in [0, 0.05) is 16.8 Å². The summed E-state index contributed by atoms with van der Waals surface area (Å²) in [6.07, 6.45) is 0.753. The number of nitrogens with one attached hydrogen (secondary N) is 2. The number of carbonyl (C=O) groups excluding carboxylic acids is 2. The Morgan fingerprint density at radius 3 is 2.69 bits per heavy atom. The van der Waals surface area contributed by atoms with E-state index in [2.05, 4.69) is 20.4 Å². The number of benzene rings is 2. The predicted molar refractivity (Wildman–Crippen MR) is 95.6 cm³/mol. The molecule has 3 aromatic rings. The van der Waals surface area contributed by atoms with Gasteiger partial charge in [-0.25, -0.2) is 9.78 Å². The molecule has 3 rings (SSSR count). The van der Waals surface area contributed by atoms with Gasteiger partial charge in [0.2, 0.25) is 0 Å². The lowest BCUT2D eigenvalue weighted by Crippen LogP contribution is -2.23. The molecule has 2 N–H and O–H groups in total. The van der Waals surface area contributed by atoms with Gasteiger partial charge in [-0.05, 0) is 18.2 Å². The van der Waals surface area contributed by atoms with Crippen molar-refractivity contribution in [3.05, 3.63) is 72.2 Å². The van der Waals surface area contributed by atoms with Crippen molar-refractivity contribution < 1.29 is 18.7 Å². The third kappa shape index (κ3) is 4.07. The number of oxazole rings is 1. The summed E-state index contributed by atoms with van der Waals surface area (Å²) in [6.45, 7) is 0.216. The molecule has 2 aromatic carbocycles. The van der Waals surface area contributed by atoms with Gasteiger partial charge in [-0.3, -0.25) is 10.1 Å². The standard InChI is InChI=1S/C19H17N3O4/c1-25-19(24)22-15-9-5-8-14(10-15)18(23)20-11-16-17(26-12-21-16)13-6-3-2-4-7-13/h2-10,12H,11H2,1H3,(H,20,23)(H,22,24). The van der Waals surface area contributed by atoms with Crippen LogP contribution < -0.4 is 10.6 Å². The molecule has 2 amide bonds. The minimum Gasteiger partial charge on any atom is -0.453 e. The van der Waals surface area contributed by atoms with Crippen LogP contribution in [0, 0.1) is 0 Å². The molecule has 0 unspecified atom stereocenters. The van der Waals surface area contributed by atoms with E-state index < -0.39 is 6.09 Å². The molecular weight excluding hydrogens is 334 g/mol. The Kier molecular flexibility index (Phi) is 5.28. The fourth-order valence-electron chi connectivity index (χ4n) is 2.39. The Morgan fingerprint density at radius 1 is 1.12 bits per heavy atom. The zero-order valence-corrected chi connectivity index (χ0v) is 14.1. The third-order valence-corrected chi connectivity index (χ3v) is 3.65. The van der Waals surface area contributed by atoms with Gasteiger partial charge in [0.1, 0.15) is 5.69 Å². The van der Waals surface area contributed by atoms with Gasteiger partial charge in [0.25, 0.3) is 5.91 Å². The van der Waals surface area contributed by atoms with Gasteiger partial charge < -0.3 is 14.5 Å². The summed E-state index contributed by atoms with van der Waals surface area (Å²) in [4.78, 5) is 27.8. The lowest BCUT2D eigenvalue weighted by atomic mass is 10.1. The normalized spacial score (nSPS) is 10.2. The molecule has 0 radical (unpaired) electrons. The molecule has 1 heterocycles. The van der Waals surface area contributed by atoms with E-state index in [4.69, 9.17) is 4.42 Å². The fraction of sp³-hybridized carbons (Fsp3) is 0.105. The summed E-state index contributed by atoms with van der Waals surface area (Å²) in [5, 5.41) is 5.32. The largest absolute Gasteiger partial charge is 0.453 e. The Hall–Kier alpha value is -3.61. The molecule has 0 fully saturated rings. The second-order valence-electron chi connectivity index (χ2n) is 5.37. The van der Waals surface area contributed by atoms with E-state index in [1.165, 1.54) is 13.5 Å². The highest BCUT2D eigenvalue weighted by atomic mass is 16.5. The molecule has 7 nitrogen and oxygen atoms in total. The van der Waals surface area contributed by atoms with E-state index in [-0.39, 0.29) is 12.5 Å². The number of hydrogen-bond acceptors (Lipinski definition) is 5. The molecule has 7 heteroatoms. The summed E-state index contributed by atoms with van der Waals surface area (Å²) >= 11 is 0. The topological polar surface area (TPSA) is 93.5 Å². The van der Waals surface area contributed by atoms with Crippen LogP contribution in [0.4, 0.5) is 10.5 Å². The lowest BCUT2D eigenvalue weighted by Gasteiger charge is -2.07. The lowest BCUT2D eigenvalue weighted by molar-refractivity contribution is 0.0950. The first kappa shape index (κ1) is 17.2. The second-order valence-corrected chi connectivity index (χ2v) is 5.37. The highest BCUT2D eigenvalue weighted by Crippen LogP contribution is 2.22. The summed E-state index contributed by atoms with van der Waals surface area (Å²) in [5.41, 5.74) is 2.39. The van der Waals surface area contributed by atoms with E-state index in [1.807, 2.05) is 30.3 Å². The van der Waals surface area contributed by atoms with Gasteiger partial charge in [0.15, 0.2) is 12.2 Å². The van der Waals surface area contributed by atoms with Crippen molar-refractivity contribution in [2.24, 2.45) is 0 Å². The molecule has 132 valence electrons. The van der Waals surface area contributed by atoms with Gasteiger partial charge in [-0.1, -0.05) is 36.4 Å². The van der Waals surface area contributed by atoms with Crippen molar-refractivity contribution in [3.8, 4) is 11.3 Å². The third-order valence-electron chi connectivity index (χ3n) is 3.65. The van der Waals surface area contributed by atoms with Crippen LogP contribution in [0.5, 0.6) is 0 Å². The fourth-order valence-corrected chi connectivity index (χ4v) is 2.39. The van der Waals surface area contributed by atoms with Crippen LogP contribution in [0.25, 0.3) is 11.3 Å². The van der Waals surface area contributed by atoms with Crippen molar-refractivity contribution in [1.82, 2.24) is 10.3 Å². The first-order chi connectivity index (χ1) is 12.7. The number of aromatic nitrogens is 1. The second kappa shape index (κ2) is 7.98. The average Bonchev–Trinajstić information content (AvgIpc) is 3.15. The number of nitrogens with zero attached hydrogens (tertiary/aromatic N) is 1. The first-order valence-electron chi connectivity index (χ1n) is 7.88. The molecular formula is C19H17N3O4. The highest BCUT2D eigenvalue weighted by Gasteiger charge is 2.13. The molecule has 0 bridgehead atoms. The molecule has 0 aliphatic heterocycles. The number of ether oxygens (including phenoxy) is 1. The summed E-state index contributed by atoms with van der Waals surface area (Å²) in [5.74, 6) is 0.326. The maximum Gasteiger partial charge on any atom is 0.411 e. The van der Waals surface area contributed by atoms with E-state index >= 15 is 0 Å². The van der Waals surface area contributed by atoms with Crippen molar-refractivity contribution in [2.45, 2.75) is 6.54 Å². The molecule has 0 saturated heterocycles. The van der Waals surface area contributed by atoms with Crippen LogP contribution in [-0.4, -0.2) is 24.1 Å². The first-order valence-corrected chi connectivity index (χ1v) is 7.88. The smallest absolute Gasteiger partial charge is 0.411 e. The van der Waals surface area contributed by atoms with Crippen molar-refractivity contribution in [1.29, 1.82) is 0 Å². The molecule has 0 aliphatic carbocycles. The Labute approximate surface area is 150 Å². The molecule has 1 aromatic heterocycles. The minimum absolute atomic E-state index is 0.216. The summed E-state index contributed by atoms with van der Waals surface area (Å²) in [7, 11) is 1.27. The van der Waals surface area contributed by atoms with Crippen LogP contribution in [0.3, 0.4) is 0 Å². The zero-order chi connectivity index (χ0) is 18.4. The molecule has 0 atom stereocenters. The predicted octanol–water partition coefficient (Wildman–Crippen LogP) is 3.45. The van der Waals surface area contributed by atoms with Gasteiger partial charge in [-0.2, -0.15) is 0 Å². The van der Waals surface area contributed by atoms with E-state index in [0.717, 1.165) is 5.56 Å². The van der Waals surface area contributed by atoms with E-state index in [9.17, 15) is 9.59 Å². The van der Waals surface area contributed by atoms with Gasteiger partial charge in [-0.15, -0.1) is 0 Å². The Bertz CT molecular complexity index is 906. The maximum absolute atomic E-state index is 12.4. The van der Waals surface area contributed by atoms with Crippen molar-refractivity contribution in [3.63, 3.8) is 0 Å². The summed E-state index contributed by atoms with van der Waals surface area (Å²) in [6, 6.07) is 16.1. The van der Waals surface area contributed by atoms with Crippen LogP contribution in [0.15, 0.2) is 65.4 Å². The number of amides is 2. The average molecular weight is 351 g/mol. The maximum atomic E-state index is 12.4. The van der Waals surface area contributed by atoms with Crippen LogP contribution in [0.2, 0.25) is 0 Å².